The lowest BCUT2D eigenvalue weighted by atomic mass is 9.89. The monoisotopic (exact) mass is 1530 g/mol. The third kappa shape index (κ3) is 20.9. The number of aryl methyl sites for hydroxylation is 2. The average Bonchev–Trinajstić information content (AvgIpc) is 1.61. The van der Waals surface area contributed by atoms with Crippen molar-refractivity contribution >= 4 is 111 Å². The average molecular weight is 1530 g/mol. The summed E-state index contributed by atoms with van der Waals surface area (Å²) in [4.78, 5) is 166. The van der Waals surface area contributed by atoms with Crippen LogP contribution in [0.3, 0.4) is 0 Å². The molecular formula is C78H90ClN13O16S. The second kappa shape index (κ2) is 37.8. The summed E-state index contributed by atoms with van der Waals surface area (Å²) in [6.07, 6.45) is 2.72. The number of piperidine rings is 1. The first-order chi connectivity index (χ1) is 52.3. The van der Waals surface area contributed by atoms with E-state index in [0.29, 0.717) is 70.6 Å². The molecule has 11 amide bonds. The van der Waals surface area contributed by atoms with Crippen LogP contribution in [-0.2, 0) is 65.6 Å². The Labute approximate surface area is 639 Å². The van der Waals surface area contributed by atoms with Crippen molar-refractivity contribution in [1.29, 1.82) is 0 Å². The fraction of sp³-hybridized carbons (Fsp3) is 0.423. The highest BCUT2D eigenvalue weighted by Crippen LogP contribution is 2.40. The van der Waals surface area contributed by atoms with Crippen molar-refractivity contribution in [3.8, 4) is 10.8 Å². The predicted octanol–water partition coefficient (Wildman–Crippen LogP) is 8.54. The third-order valence-electron chi connectivity index (χ3n) is 19.1. The van der Waals surface area contributed by atoms with E-state index in [1.807, 2.05) is 47.9 Å². The van der Waals surface area contributed by atoms with Gasteiger partial charge in [0.15, 0.2) is 11.6 Å². The Bertz CT molecular complexity index is 4480. The molecule has 4 atom stereocenters. The maximum Gasteiger partial charge on any atom is 0.410 e. The summed E-state index contributed by atoms with van der Waals surface area (Å²) < 4.78 is 25.7. The highest BCUT2D eigenvalue weighted by molar-refractivity contribution is 7.15. The lowest BCUT2D eigenvalue weighted by Gasteiger charge is -2.27. The topological polar surface area (TPSA) is 381 Å². The molecule has 4 aliphatic heterocycles. The number of Topliss-reactive ketones (excluding diaryl/α,β-unsaturated/α-hetero) is 2. The van der Waals surface area contributed by atoms with Gasteiger partial charge < -0.3 is 50.8 Å². The molecule has 6 aromatic rings. The molecule has 7 N–H and O–H groups in total. The fourth-order valence-electron chi connectivity index (χ4n) is 13.2. The maximum atomic E-state index is 14.0. The van der Waals surface area contributed by atoms with Gasteiger partial charge in [-0.05, 0) is 131 Å². The van der Waals surface area contributed by atoms with Crippen molar-refractivity contribution in [2.75, 3.05) is 76.4 Å². The lowest BCUT2D eigenvalue weighted by Crippen LogP contribution is -2.54. The van der Waals surface area contributed by atoms with E-state index in [4.69, 9.17) is 41.3 Å². The summed E-state index contributed by atoms with van der Waals surface area (Å²) in [6.45, 7) is 12.2. The summed E-state index contributed by atoms with van der Waals surface area (Å²) >= 11 is 7.94. The summed E-state index contributed by atoms with van der Waals surface area (Å²) in [7, 11) is 0. The van der Waals surface area contributed by atoms with E-state index in [1.165, 1.54) is 21.9 Å². The van der Waals surface area contributed by atoms with Gasteiger partial charge in [-0.1, -0.05) is 74.3 Å². The number of anilines is 2. The number of primary amides is 1. The molecule has 0 spiro atoms. The first-order valence-corrected chi connectivity index (χ1v) is 37.6. The largest absolute Gasteiger partial charge is 0.491 e. The number of nitrogens with one attached hydrogen (secondary N) is 5. The number of fused-ring (bicyclic) bond motifs is 4. The van der Waals surface area contributed by atoms with E-state index in [2.05, 4.69) is 50.6 Å². The highest BCUT2D eigenvalue weighted by atomic mass is 35.5. The fourth-order valence-corrected chi connectivity index (χ4v) is 14.5. The minimum atomic E-state index is -1.13. The number of nitrogens with two attached hydrogens (primary N) is 1. The van der Waals surface area contributed by atoms with Crippen molar-refractivity contribution in [2.24, 2.45) is 22.6 Å². The van der Waals surface area contributed by atoms with Crippen LogP contribution in [0.25, 0.3) is 5.00 Å². The number of ketones is 2. The molecule has 29 nitrogen and oxygen atoms in total. The van der Waals surface area contributed by atoms with Crippen LogP contribution in [0, 0.1) is 32.6 Å². The van der Waals surface area contributed by atoms with Crippen LogP contribution in [0.5, 0.6) is 5.75 Å². The van der Waals surface area contributed by atoms with Crippen molar-refractivity contribution in [2.45, 2.75) is 137 Å². The van der Waals surface area contributed by atoms with Gasteiger partial charge >= 0.3 is 12.1 Å². The molecule has 0 radical (unpaired) electrons. The Morgan fingerprint density at radius 3 is 2.20 bits per heavy atom. The zero-order valence-electron chi connectivity index (χ0n) is 61.7. The molecule has 4 aromatic carbocycles. The van der Waals surface area contributed by atoms with Gasteiger partial charge in [0.25, 0.3) is 23.6 Å². The van der Waals surface area contributed by atoms with Crippen LogP contribution in [0.15, 0.2) is 108 Å². The molecule has 31 heteroatoms. The Hall–Kier alpha value is -10.8. The SMILES string of the molecule is CC1=CC(=O)N(CCCCCC(=O)N[C@H](C(=O)C[C@@H](CCCNC(N)=O)C(=O)Nc2ccc(COC(=O)N(CCOCCNc3cccc4c3C(=O)N(C3CCC(=O)NC3=O)C4=O)CCOCCOc3ccc(CC(=O)C[C@@H]4N=C(c5ccc(Cl)cc5)c5c(sc(C)c5C)-n5c(C)nnc54)cc3)cc2)C(C)C)C1=O. The molecule has 1 fully saturated rings. The number of nitrogens with zero attached hydrogens (tertiary/aromatic N) is 7. The number of thiophene rings is 1. The van der Waals surface area contributed by atoms with Gasteiger partial charge in [0, 0.05) is 115 Å². The molecular weight excluding hydrogens is 1440 g/mol. The zero-order valence-corrected chi connectivity index (χ0v) is 63.3. The summed E-state index contributed by atoms with van der Waals surface area (Å²) in [6, 6.07) is 22.6. The highest BCUT2D eigenvalue weighted by Gasteiger charge is 2.46. The van der Waals surface area contributed by atoms with E-state index >= 15 is 0 Å². The van der Waals surface area contributed by atoms with Gasteiger partial charge in [-0.15, -0.1) is 21.5 Å². The number of unbranched alkanes of at least 4 members (excludes halogenated alkanes) is 2. The number of rotatable bonds is 39. The Balaban J connectivity index is 0.714. The van der Waals surface area contributed by atoms with Crippen LogP contribution in [0.2, 0.25) is 5.02 Å². The number of hydrogen-bond acceptors (Lipinski definition) is 21. The number of aliphatic imine (C=N–C) groups is 1. The number of imide groups is 3. The number of halogens is 1. The van der Waals surface area contributed by atoms with Crippen molar-refractivity contribution < 1.29 is 76.5 Å². The molecule has 4 aliphatic rings. The van der Waals surface area contributed by atoms with Gasteiger partial charge in [0.1, 0.15) is 47.7 Å². The Morgan fingerprint density at radius 1 is 0.780 bits per heavy atom. The van der Waals surface area contributed by atoms with Crippen LogP contribution in [-0.4, -0.2) is 184 Å². The molecule has 10 rings (SSSR count). The van der Waals surface area contributed by atoms with Crippen LogP contribution in [0.1, 0.15) is 156 Å². The van der Waals surface area contributed by atoms with Gasteiger partial charge in [-0.2, -0.15) is 0 Å². The van der Waals surface area contributed by atoms with Crippen LogP contribution in [0.4, 0.5) is 21.0 Å². The van der Waals surface area contributed by atoms with Gasteiger partial charge in [0.2, 0.25) is 23.6 Å². The first kappa shape index (κ1) is 80.7. The van der Waals surface area contributed by atoms with E-state index in [-0.39, 0.29) is 164 Å². The molecule has 2 aromatic heterocycles. The lowest BCUT2D eigenvalue weighted by molar-refractivity contribution is -0.138. The second-order valence-corrected chi connectivity index (χ2v) is 29.0. The normalized spacial score (nSPS) is 15.8. The van der Waals surface area contributed by atoms with Gasteiger partial charge in [-0.3, -0.25) is 72.6 Å². The minimum Gasteiger partial charge on any atom is -0.491 e. The van der Waals surface area contributed by atoms with E-state index < -0.39 is 65.7 Å². The van der Waals surface area contributed by atoms with Gasteiger partial charge in [0.05, 0.1) is 49.3 Å². The number of aromatic nitrogens is 3. The predicted molar refractivity (Wildman–Crippen MR) is 404 cm³/mol. The van der Waals surface area contributed by atoms with Gasteiger partial charge in [-0.25, -0.2) is 9.59 Å². The van der Waals surface area contributed by atoms with Crippen molar-refractivity contribution in [3.63, 3.8) is 0 Å². The minimum absolute atomic E-state index is 0.0101. The number of carbonyl (C=O) groups excluding carboxylic acids is 12. The number of hydrogen-bond donors (Lipinski definition) is 6. The molecule has 0 bridgehead atoms. The maximum absolute atomic E-state index is 14.0. The van der Waals surface area contributed by atoms with Crippen molar-refractivity contribution in [3.05, 3.63) is 163 Å². The van der Waals surface area contributed by atoms with Crippen LogP contribution < -0.4 is 37.1 Å². The van der Waals surface area contributed by atoms with E-state index in [0.717, 1.165) is 42.7 Å². The quantitative estimate of drug-likeness (QED) is 0.0155. The summed E-state index contributed by atoms with van der Waals surface area (Å²) in [5.74, 6) is -3.79. The number of ether oxygens (including phenoxy) is 4. The number of carbonyl (C=O) groups is 12. The number of urea groups is 1. The molecule has 0 saturated carbocycles. The van der Waals surface area contributed by atoms with E-state index in [9.17, 15) is 57.5 Å². The smallest absolute Gasteiger partial charge is 0.410 e. The zero-order chi connectivity index (χ0) is 78.0. The molecule has 1 unspecified atom stereocenters. The first-order valence-electron chi connectivity index (χ1n) is 36.4. The molecule has 0 aliphatic carbocycles. The summed E-state index contributed by atoms with van der Waals surface area (Å²) in [5.41, 5.74) is 11.6. The van der Waals surface area contributed by atoms with Crippen LogP contribution >= 0.6 is 22.9 Å². The second-order valence-electron chi connectivity index (χ2n) is 27.4. The molecule has 1 saturated heterocycles. The van der Waals surface area contributed by atoms with Crippen molar-refractivity contribution in [1.82, 2.24) is 45.4 Å². The molecule has 109 heavy (non-hydrogen) atoms. The third-order valence-corrected chi connectivity index (χ3v) is 20.6. The van der Waals surface area contributed by atoms with E-state index in [1.54, 1.807) is 80.6 Å². The number of amides is 11. The number of benzene rings is 4. The summed E-state index contributed by atoms with van der Waals surface area (Å²) in [5, 5.41) is 24.1. The molecule has 6 heterocycles. The Kier molecular flexibility index (Phi) is 28.0. The standard InChI is InChI=1S/C78H90ClN13O16S/c1-45(2)68(85-63(95)15-8-7-9-32-90-65(97)40-46(3)73(90)100)62(94)42-53(12-11-30-82-77(80)103)71(98)83-55-24-16-51(17-25-55)44-108-78(104)89(33-36-105-35-31-81-59-14-10-13-58-67(59)75(102)92(74(58)101)61-28-29-64(96)86-72(61)99)34-37-106-38-39-107-57-26-18-50(19-27-57)41-56(93)43-60-70-88-87-49(6)91(70)76-66(47(4)48(5)109-76)69(84-60)52-20-22-54(79)23-21-52/h10,13-14,16-27,40,45,53,60-61,68,81H,7-9,11-12,15,28-39,41-44H2,1-6H3,(H,83,98)(H,85,95)(H3,80,82,103)(H,86,96,99)/t53-,60+,61?,68+/m1/s1. The molecule has 576 valence electrons. The Morgan fingerprint density at radius 2 is 1.50 bits per heavy atom.